The summed E-state index contributed by atoms with van der Waals surface area (Å²) < 4.78 is 0. The van der Waals surface area contributed by atoms with Gasteiger partial charge in [-0.2, -0.15) is 0 Å². The molecule has 0 saturated carbocycles. The first kappa shape index (κ1) is 13.5. The second-order valence-corrected chi connectivity index (χ2v) is 2.86. The Morgan fingerprint density at radius 1 is 1.00 bits per heavy atom. The number of nitrogens with zero attached hydrogens (tertiary/aromatic N) is 1. The van der Waals surface area contributed by atoms with Gasteiger partial charge in [0, 0.05) is 0 Å². The number of nitrogens with two attached hydrogens (primary N) is 2. The van der Waals surface area contributed by atoms with Crippen molar-refractivity contribution < 1.29 is 0 Å². The molecule has 0 fully saturated rings. The molecule has 0 rings (SSSR count). The second-order valence-electron chi connectivity index (χ2n) is 2.86. The van der Waals surface area contributed by atoms with E-state index in [1.807, 2.05) is 0 Å². The number of rotatable bonds is 5. The maximum absolute atomic E-state index is 4.00. The molecular formula is C8H23N3. The first-order valence-electron chi connectivity index (χ1n) is 4.25. The Bertz CT molecular complexity index is 55.3. The molecule has 0 heterocycles. The van der Waals surface area contributed by atoms with Gasteiger partial charge < -0.3 is 4.90 Å². The molecule has 0 amide bonds. The smallest absolute Gasteiger partial charge is 0.00248 e. The standard InChI is InChI=1S/C8H19N.H4N2/c1-4-5-6-7-8-9(2)3;1-2/h4-8H2,1-3H3;1-2H2. The fourth-order valence-corrected chi connectivity index (χ4v) is 0.855. The Morgan fingerprint density at radius 3 is 1.91 bits per heavy atom. The molecule has 0 aliphatic heterocycles. The van der Waals surface area contributed by atoms with Crippen LogP contribution in [0.2, 0.25) is 0 Å². The van der Waals surface area contributed by atoms with Crippen molar-refractivity contribution in [3.8, 4) is 0 Å². The predicted molar refractivity (Wildman–Crippen MR) is 51.1 cm³/mol. The summed E-state index contributed by atoms with van der Waals surface area (Å²) in [4.78, 5) is 2.25. The van der Waals surface area contributed by atoms with E-state index in [-0.39, 0.29) is 0 Å². The number of unbranched alkanes of at least 4 members (excludes halogenated alkanes) is 3. The summed E-state index contributed by atoms with van der Waals surface area (Å²) in [6.45, 7) is 3.50. The Hall–Kier alpha value is -0.120. The van der Waals surface area contributed by atoms with Gasteiger partial charge in [0.15, 0.2) is 0 Å². The molecule has 0 aliphatic rings. The third kappa shape index (κ3) is 17.7. The van der Waals surface area contributed by atoms with Crippen molar-refractivity contribution in [2.75, 3.05) is 20.6 Å². The van der Waals surface area contributed by atoms with Crippen molar-refractivity contribution in [1.82, 2.24) is 4.90 Å². The van der Waals surface area contributed by atoms with Crippen LogP contribution in [0, 0.1) is 0 Å². The van der Waals surface area contributed by atoms with Gasteiger partial charge in [-0.25, -0.2) is 0 Å². The molecular weight excluding hydrogens is 138 g/mol. The lowest BCUT2D eigenvalue weighted by Crippen LogP contribution is -2.12. The Kier molecular flexibility index (Phi) is 15.4. The molecule has 0 aromatic rings. The van der Waals surface area contributed by atoms with E-state index >= 15 is 0 Å². The van der Waals surface area contributed by atoms with Crippen LogP contribution in [0.4, 0.5) is 0 Å². The zero-order valence-corrected chi connectivity index (χ0v) is 8.14. The molecule has 3 nitrogen and oxygen atoms in total. The van der Waals surface area contributed by atoms with Gasteiger partial charge in [0.05, 0.1) is 0 Å². The average molecular weight is 161 g/mol. The molecule has 70 valence electrons. The highest BCUT2D eigenvalue weighted by atomic mass is 15.0. The lowest BCUT2D eigenvalue weighted by Gasteiger charge is -2.07. The third-order valence-corrected chi connectivity index (χ3v) is 1.46. The summed E-state index contributed by atoms with van der Waals surface area (Å²) in [5, 5.41) is 0. The number of hydrogen-bond acceptors (Lipinski definition) is 3. The summed E-state index contributed by atoms with van der Waals surface area (Å²) in [6.07, 6.45) is 5.50. The fourth-order valence-electron chi connectivity index (χ4n) is 0.855. The van der Waals surface area contributed by atoms with Crippen LogP contribution < -0.4 is 11.7 Å². The molecule has 0 atom stereocenters. The molecule has 0 spiro atoms. The molecule has 4 N–H and O–H groups in total. The molecule has 0 saturated heterocycles. The SMILES string of the molecule is CCCCCCN(C)C.NN. The van der Waals surface area contributed by atoms with E-state index < -0.39 is 0 Å². The topological polar surface area (TPSA) is 55.3 Å². The van der Waals surface area contributed by atoms with E-state index in [0.717, 1.165) is 0 Å². The summed E-state index contributed by atoms with van der Waals surface area (Å²) >= 11 is 0. The summed E-state index contributed by atoms with van der Waals surface area (Å²) in [6, 6.07) is 0. The Labute approximate surface area is 70.7 Å². The Balaban J connectivity index is 0. The predicted octanol–water partition coefficient (Wildman–Crippen LogP) is 0.947. The molecule has 0 unspecified atom stereocenters. The van der Waals surface area contributed by atoms with Crippen molar-refractivity contribution in [1.29, 1.82) is 0 Å². The molecule has 11 heavy (non-hydrogen) atoms. The van der Waals surface area contributed by atoms with E-state index in [1.165, 1.54) is 32.2 Å². The van der Waals surface area contributed by atoms with Crippen LogP contribution in [-0.4, -0.2) is 25.5 Å². The van der Waals surface area contributed by atoms with Gasteiger partial charge in [-0.05, 0) is 27.1 Å². The highest BCUT2D eigenvalue weighted by molar-refractivity contribution is 4.44. The molecule has 0 aromatic heterocycles. The van der Waals surface area contributed by atoms with Gasteiger partial charge in [-0.15, -0.1) is 0 Å². The fraction of sp³-hybridized carbons (Fsp3) is 1.00. The van der Waals surface area contributed by atoms with Crippen molar-refractivity contribution >= 4 is 0 Å². The van der Waals surface area contributed by atoms with Crippen LogP contribution in [0.15, 0.2) is 0 Å². The quantitative estimate of drug-likeness (QED) is 0.358. The van der Waals surface area contributed by atoms with E-state index in [1.54, 1.807) is 0 Å². The van der Waals surface area contributed by atoms with Crippen LogP contribution in [0.25, 0.3) is 0 Å². The monoisotopic (exact) mass is 161 g/mol. The Morgan fingerprint density at radius 2 is 1.55 bits per heavy atom. The van der Waals surface area contributed by atoms with E-state index in [9.17, 15) is 0 Å². The van der Waals surface area contributed by atoms with Crippen LogP contribution >= 0.6 is 0 Å². The maximum Gasteiger partial charge on any atom is -0.00248 e. The van der Waals surface area contributed by atoms with Crippen molar-refractivity contribution in [2.45, 2.75) is 32.6 Å². The molecule has 0 aromatic carbocycles. The van der Waals surface area contributed by atoms with Crippen LogP contribution in [0.1, 0.15) is 32.6 Å². The zero-order valence-electron chi connectivity index (χ0n) is 8.14. The summed E-state index contributed by atoms with van der Waals surface area (Å²) in [5.41, 5.74) is 0. The van der Waals surface area contributed by atoms with E-state index in [2.05, 4.69) is 37.6 Å². The van der Waals surface area contributed by atoms with Gasteiger partial charge in [0.2, 0.25) is 0 Å². The van der Waals surface area contributed by atoms with E-state index in [0.29, 0.717) is 0 Å². The highest BCUT2D eigenvalue weighted by Crippen LogP contribution is 1.98. The normalized spacial score (nSPS) is 9.27. The first-order valence-corrected chi connectivity index (χ1v) is 4.25. The lowest BCUT2D eigenvalue weighted by molar-refractivity contribution is 0.391. The van der Waals surface area contributed by atoms with Crippen LogP contribution in [0.3, 0.4) is 0 Å². The minimum atomic E-state index is 1.25. The number of hydrogen-bond donors (Lipinski definition) is 2. The molecule has 3 heteroatoms. The van der Waals surface area contributed by atoms with Gasteiger partial charge in [-0.3, -0.25) is 11.7 Å². The van der Waals surface area contributed by atoms with Crippen molar-refractivity contribution in [3.05, 3.63) is 0 Å². The lowest BCUT2D eigenvalue weighted by atomic mass is 10.2. The van der Waals surface area contributed by atoms with Gasteiger partial charge >= 0.3 is 0 Å². The molecule has 0 bridgehead atoms. The number of hydrazine groups is 1. The van der Waals surface area contributed by atoms with Gasteiger partial charge in [-0.1, -0.05) is 26.2 Å². The van der Waals surface area contributed by atoms with Gasteiger partial charge in [0.1, 0.15) is 0 Å². The van der Waals surface area contributed by atoms with Crippen molar-refractivity contribution in [3.63, 3.8) is 0 Å². The third-order valence-electron chi connectivity index (χ3n) is 1.46. The maximum atomic E-state index is 4.00. The second kappa shape index (κ2) is 12.5. The van der Waals surface area contributed by atoms with Crippen molar-refractivity contribution in [2.24, 2.45) is 11.7 Å². The van der Waals surface area contributed by atoms with Crippen LogP contribution in [-0.2, 0) is 0 Å². The van der Waals surface area contributed by atoms with Gasteiger partial charge in [0.25, 0.3) is 0 Å². The molecule has 0 aliphatic carbocycles. The molecule has 0 radical (unpaired) electrons. The summed E-state index contributed by atoms with van der Waals surface area (Å²) in [5.74, 6) is 8.00. The summed E-state index contributed by atoms with van der Waals surface area (Å²) in [7, 11) is 4.26. The average Bonchev–Trinajstić information content (AvgIpc) is 2.02. The minimum Gasteiger partial charge on any atom is -0.309 e. The highest BCUT2D eigenvalue weighted by Gasteiger charge is 1.88. The van der Waals surface area contributed by atoms with E-state index in [4.69, 9.17) is 0 Å². The largest absolute Gasteiger partial charge is 0.309 e. The van der Waals surface area contributed by atoms with Crippen LogP contribution in [0.5, 0.6) is 0 Å². The first-order chi connectivity index (χ1) is 5.27. The zero-order chi connectivity index (χ0) is 9.11. The minimum absolute atomic E-state index is 1.25.